The van der Waals surface area contributed by atoms with Crippen molar-refractivity contribution in [3.8, 4) is 17.0 Å². The van der Waals surface area contributed by atoms with Gasteiger partial charge in [0.05, 0.1) is 5.69 Å². The molecule has 1 atom stereocenters. The lowest BCUT2D eigenvalue weighted by atomic mass is 9.99. The molecule has 1 saturated heterocycles. The number of aromatic amines is 1. The number of carboxylic acids is 1. The van der Waals surface area contributed by atoms with Crippen molar-refractivity contribution in [3.63, 3.8) is 0 Å². The standard InChI is InChI=1S/C25H32N4O4.2ClH/c1-4-19-22(27-24(31)21(23(19)30)25(32)33)15-8-9-20-16(11-15)12-18(28(20)3)14-26-13-17-7-6-10-29(17)5-2;;/h8-9,11-12,17,26H,4-7,10,13-14H2,1-3H3,(H,32,33)(H2,27,30,31);2*1H. The second-order valence-corrected chi connectivity index (χ2v) is 8.71. The number of aromatic nitrogens is 2. The summed E-state index contributed by atoms with van der Waals surface area (Å²) >= 11 is 0. The highest BCUT2D eigenvalue weighted by molar-refractivity contribution is 5.92. The van der Waals surface area contributed by atoms with Crippen molar-refractivity contribution in [1.29, 1.82) is 0 Å². The van der Waals surface area contributed by atoms with Crippen LogP contribution in [0.25, 0.3) is 22.2 Å². The number of carboxylic acid groups (broad SMARTS) is 1. The predicted molar refractivity (Wildman–Crippen MR) is 143 cm³/mol. The predicted octanol–water partition coefficient (Wildman–Crippen LogP) is 3.92. The first-order valence-electron chi connectivity index (χ1n) is 11.6. The molecular weight excluding hydrogens is 491 g/mol. The van der Waals surface area contributed by atoms with E-state index in [0.717, 1.165) is 41.8 Å². The molecule has 4 N–H and O–H groups in total. The number of likely N-dealkylation sites (N-methyl/N-ethyl adjacent to an activating group) is 1. The molecule has 1 unspecified atom stereocenters. The van der Waals surface area contributed by atoms with Gasteiger partial charge in [-0.3, -0.25) is 9.69 Å². The number of nitrogens with one attached hydrogen (secondary N) is 2. The number of pyridine rings is 1. The average Bonchev–Trinajstić information content (AvgIpc) is 3.37. The number of halogens is 2. The molecular formula is C25H34Cl2N4O4. The van der Waals surface area contributed by atoms with Crippen LogP contribution in [0.15, 0.2) is 29.1 Å². The second kappa shape index (κ2) is 11.9. The van der Waals surface area contributed by atoms with E-state index in [1.54, 1.807) is 0 Å². The van der Waals surface area contributed by atoms with E-state index in [9.17, 15) is 19.8 Å². The molecule has 0 amide bonds. The van der Waals surface area contributed by atoms with Gasteiger partial charge in [0.2, 0.25) is 0 Å². The number of hydrogen-bond acceptors (Lipinski definition) is 5. The number of aromatic carboxylic acids is 1. The Bertz CT molecular complexity index is 1250. The maximum atomic E-state index is 12.3. The molecule has 8 nitrogen and oxygen atoms in total. The SMILES string of the molecule is CCc1c(-c2ccc3c(c2)cc(CNCC2CCCN2CC)n3C)[nH]c(=O)c(C(=O)O)c1O.Cl.Cl. The minimum atomic E-state index is -1.44. The van der Waals surface area contributed by atoms with Gasteiger partial charge >= 0.3 is 5.97 Å². The quantitative estimate of drug-likeness (QED) is 0.355. The molecule has 1 aromatic carbocycles. The van der Waals surface area contributed by atoms with Gasteiger partial charge in [0.15, 0.2) is 5.56 Å². The third kappa shape index (κ3) is 5.51. The molecule has 0 aliphatic carbocycles. The van der Waals surface area contributed by atoms with Crippen molar-refractivity contribution in [1.82, 2.24) is 19.8 Å². The topological polar surface area (TPSA) is 111 Å². The lowest BCUT2D eigenvalue weighted by molar-refractivity contribution is 0.0691. The van der Waals surface area contributed by atoms with E-state index in [4.69, 9.17) is 0 Å². The summed E-state index contributed by atoms with van der Waals surface area (Å²) in [6.07, 6.45) is 2.89. The molecule has 2 aromatic heterocycles. The number of carbonyl (C=O) groups is 1. The Labute approximate surface area is 217 Å². The summed E-state index contributed by atoms with van der Waals surface area (Å²) < 4.78 is 2.16. The minimum Gasteiger partial charge on any atom is -0.506 e. The van der Waals surface area contributed by atoms with E-state index in [1.165, 1.54) is 19.4 Å². The van der Waals surface area contributed by atoms with Crippen LogP contribution in [0.1, 0.15) is 48.3 Å². The molecule has 35 heavy (non-hydrogen) atoms. The van der Waals surface area contributed by atoms with Crippen molar-refractivity contribution in [2.24, 2.45) is 7.05 Å². The largest absolute Gasteiger partial charge is 0.506 e. The fraction of sp³-hybridized carbons (Fsp3) is 0.440. The van der Waals surface area contributed by atoms with Gasteiger partial charge in [-0.15, -0.1) is 24.8 Å². The van der Waals surface area contributed by atoms with Crippen LogP contribution in [0.4, 0.5) is 0 Å². The lowest BCUT2D eigenvalue weighted by Crippen LogP contribution is -2.37. The molecule has 0 radical (unpaired) electrons. The summed E-state index contributed by atoms with van der Waals surface area (Å²) in [5.41, 5.74) is 2.41. The van der Waals surface area contributed by atoms with Crippen LogP contribution < -0.4 is 10.9 Å². The summed E-state index contributed by atoms with van der Waals surface area (Å²) in [5, 5.41) is 24.4. The first kappa shape index (κ1) is 28.7. The van der Waals surface area contributed by atoms with Crippen molar-refractivity contribution in [3.05, 3.63) is 51.4 Å². The fourth-order valence-corrected chi connectivity index (χ4v) is 5.06. The first-order valence-corrected chi connectivity index (χ1v) is 11.6. The van der Waals surface area contributed by atoms with Crippen molar-refractivity contribution in [2.45, 2.75) is 45.7 Å². The molecule has 1 aliphatic heterocycles. The molecule has 192 valence electrons. The molecule has 0 bridgehead atoms. The van der Waals surface area contributed by atoms with Crippen LogP contribution in [-0.2, 0) is 20.0 Å². The van der Waals surface area contributed by atoms with Crippen LogP contribution in [0.5, 0.6) is 5.75 Å². The van der Waals surface area contributed by atoms with Gasteiger partial charge in [0.1, 0.15) is 5.75 Å². The van der Waals surface area contributed by atoms with Gasteiger partial charge in [-0.2, -0.15) is 0 Å². The van der Waals surface area contributed by atoms with Crippen LogP contribution in [0.2, 0.25) is 0 Å². The summed E-state index contributed by atoms with van der Waals surface area (Å²) in [7, 11) is 2.04. The Hall–Kier alpha value is -2.52. The van der Waals surface area contributed by atoms with Crippen LogP contribution >= 0.6 is 24.8 Å². The van der Waals surface area contributed by atoms with Gasteiger partial charge < -0.3 is 25.1 Å². The Kier molecular flexibility index (Phi) is 9.80. The molecule has 10 heteroatoms. The maximum absolute atomic E-state index is 12.3. The van der Waals surface area contributed by atoms with E-state index in [1.807, 2.05) is 32.2 Å². The Morgan fingerprint density at radius 2 is 1.97 bits per heavy atom. The summed E-state index contributed by atoms with van der Waals surface area (Å²) in [6.45, 7) is 8.04. The highest BCUT2D eigenvalue weighted by Gasteiger charge is 2.23. The van der Waals surface area contributed by atoms with E-state index in [0.29, 0.717) is 23.7 Å². The zero-order valence-electron chi connectivity index (χ0n) is 20.3. The number of benzene rings is 1. The highest BCUT2D eigenvalue weighted by Crippen LogP contribution is 2.32. The first-order chi connectivity index (χ1) is 15.8. The summed E-state index contributed by atoms with van der Waals surface area (Å²) in [5.74, 6) is -1.90. The number of aromatic hydroxyl groups is 1. The Morgan fingerprint density at radius 3 is 2.63 bits per heavy atom. The number of hydrogen-bond donors (Lipinski definition) is 4. The van der Waals surface area contributed by atoms with Gasteiger partial charge in [0.25, 0.3) is 5.56 Å². The lowest BCUT2D eigenvalue weighted by Gasteiger charge is -2.23. The van der Waals surface area contributed by atoms with Crippen LogP contribution in [0, 0.1) is 0 Å². The smallest absolute Gasteiger partial charge is 0.345 e. The van der Waals surface area contributed by atoms with Crippen molar-refractivity contribution < 1.29 is 15.0 Å². The Balaban J connectivity index is 0.00000216. The number of likely N-dealkylation sites (tertiary alicyclic amines) is 1. The van der Waals surface area contributed by atoms with Crippen molar-refractivity contribution in [2.75, 3.05) is 19.6 Å². The normalized spacial score (nSPS) is 15.7. The number of H-pyrrole nitrogens is 1. The third-order valence-electron chi connectivity index (χ3n) is 6.88. The zero-order valence-corrected chi connectivity index (χ0v) is 21.9. The number of rotatable bonds is 8. The summed E-state index contributed by atoms with van der Waals surface area (Å²) in [4.78, 5) is 28.9. The van der Waals surface area contributed by atoms with Crippen molar-refractivity contribution >= 4 is 41.7 Å². The number of nitrogens with zero attached hydrogens (tertiary/aromatic N) is 2. The molecule has 3 heterocycles. The van der Waals surface area contributed by atoms with Gasteiger partial charge in [-0.05, 0) is 56.1 Å². The summed E-state index contributed by atoms with van der Waals surface area (Å²) in [6, 6.07) is 8.58. The molecule has 1 fully saturated rings. The monoisotopic (exact) mass is 524 g/mol. The van der Waals surface area contributed by atoms with Crippen LogP contribution in [-0.4, -0.2) is 56.3 Å². The average molecular weight is 525 g/mol. The van der Waals surface area contributed by atoms with Gasteiger partial charge in [0, 0.05) is 48.3 Å². The van der Waals surface area contributed by atoms with E-state index < -0.39 is 22.8 Å². The maximum Gasteiger partial charge on any atom is 0.345 e. The minimum absolute atomic E-state index is 0. The molecule has 0 saturated carbocycles. The zero-order chi connectivity index (χ0) is 23.7. The molecule has 3 aromatic rings. The third-order valence-corrected chi connectivity index (χ3v) is 6.88. The van der Waals surface area contributed by atoms with E-state index >= 15 is 0 Å². The fourth-order valence-electron chi connectivity index (χ4n) is 5.06. The molecule has 0 spiro atoms. The van der Waals surface area contributed by atoms with E-state index in [-0.39, 0.29) is 24.8 Å². The number of aryl methyl sites for hydroxylation is 1. The highest BCUT2D eigenvalue weighted by atomic mass is 35.5. The second-order valence-electron chi connectivity index (χ2n) is 8.71. The van der Waals surface area contributed by atoms with Gasteiger partial charge in [-0.25, -0.2) is 4.79 Å². The number of fused-ring (bicyclic) bond motifs is 1. The molecule has 1 aliphatic rings. The molecule has 4 rings (SSSR count). The van der Waals surface area contributed by atoms with Crippen LogP contribution in [0.3, 0.4) is 0 Å². The van der Waals surface area contributed by atoms with E-state index in [2.05, 4.69) is 32.8 Å². The van der Waals surface area contributed by atoms with Gasteiger partial charge in [-0.1, -0.05) is 19.9 Å². The Morgan fingerprint density at radius 1 is 1.23 bits per heavy atom.